The van der Waals surface area contributed by atoms with Crippen LogP contribution in [0.3, 0.4) is 0 Å². The predicted molar refractivity (Wildman–Crippen MR) is 123 cm³/mol. The van der Waals surface area contributed by atoms with Crippen molar-refractivity contribution in [3.05, 3.63) is 58.9 Å². The van der Waals surface area contributed by atoms with Crippen molar-refractivity contribution in [1.29, 1.82) is 0 Å². The summed E-state index contributed by atoms with van der Waals surface area (Å²) in [5.41, 5.74) is 1.84. The van der Waals surface area contributed by atoms with Gasteiger partial charge in [-0.3, -0.25) is 14.2 Å². The van der Waals surface area contributed by atoms with Crippen molar-refractivity contribution < 1.29 is 13.9 Å². The highest BCUT2D eigenvalue weighted by Crippen LogP contribution is 2.27. The van der Waals surface area contributed by atoms with E-state index in [1.54, 1.807) is 23.8 Å². The molecular weight excluding hydrogens is 414 g/mol. The molecule has 0 aliphatic heterocycles. The Morgan fingerprint density at radius 2 is 2.06 bits per heavy atom. The number of rotatable bonds is 8. The summed E-state index contributed by atoms with van der Waals surface area (Å²) >= 11 is 1.24. The number of fused-ring (bicyclic) bond motifs is 3. The van der Waals surface area contributed by atoms with Crippen molar-refractivity contribution in [3.8, 4) is 5.75 Å². The molecule has 2 aromatic carbocycles. The lowest BCUT2D eigenvalue weighted by atomic mass is 10.2. The average molecular weight is 438 g/mol. The molecule has 0 unspecified atom stereocenters. The van der Waals surface area contributed by atoms with E-state index < -0.39 is 0 Å². The number of benzene rings is 2. The molecule has 4 aromatic rings. The lowest BCUT2D eigenvalue weighted by Crippen LogP contribution is -2.24. The van der Waals surface area contributed by atoms with E-state index in [-0.39, 0.29) is 22.8 Å². The fraction of sp³-hybridized carbons (Fsp3) is 0.261. The highest BCUT2D eigenvalue weighted by molar-refractivity contribution is 7.99. The second-order valence-electron chi connectivity index (χ2n) is 7.05. The van der Waals surface area contributed by atoms with Crippen LogP contribution in [0.25, 0.3) is 22.1 Å². The number of nitrogens with one attached hydrogen (secondary N) is 1. The maximum absolute atomic E-state index is 13.1. The largest absolute Gasteiger partial charge is 0.497 e. The topological polar surface area (TPSA) is 86.4 Å². The Bertz CT molecular complexity index is 1300. The van der Waals surface area contributed by atoms with Crippen LogP contribution in [0.1, 0.15) is 19.8 Å². The summed E-state index contributed by atoms with van der Waals surface area (Å²) < 4.78 is 12.6. The van der Waals surface area contributed by atoms with E-state index in [0.717, 1.165) is 18.2 Å². The maximum Gasteiger partial charge on any atom is 0.297 e. The van der Waals surface area contributed by atoms with Crippen LogP contribution < -0.4 is 15.6 Å². The number of hydrogen-bond donors (Lipinski definition) is 1. The number of hydrogen-bond acceptors (Lipinski definition) is 6. The summed E-state index contributed by atoms with van der Waals surface area (Å²) in [5.74, 6) is 0.598. The number of unbranched alkanes of at least 4 members (excludes halogenated alkanes) is 1. The summed E-state index contributed by atoms with van der Waals surface area (Å²) in [7, 11) is 1.58. The van der Waals surface area contributed by atoms with Gasteiger partial charge >= 0.3 is 0 Å². The van der Waals surface area contributed by atoms with Gasteiger partial charge in [0.15, 0.2) is 5.16 Å². The molecular formula is C23H23N3O4S. The van der Waals surface area contributed by atoms with Gasteiger partial charge in [-0.25, -0.2) is 4.98 Å². The van der Waals surface area contributed by atoms with Gasteiger partial charge in [-0.05, 0) is 30.7 Å². The number of amides is 1. The first-order valence-electron chi connectivity index (χ1n) is 10.1. The molecule has 0 fully saturated rings. The molecule has 0 aliphatic carbocycles. The predicted octanol–water partition coefficient (Wildman–Crippen LogP) is 4.68. The van der Waals surface area contributed by atoms with Crippen molar-refractivity contribution in [1.82, 2.24) is 9.55 Å². The van der Waals surface area contributed by atoms with E-state index >= 15 is 0 Å². The molecule has 0 saturated heterocycles. The Morgan fingerprint density at radius 3 is 2.87 bits per heavy atom. The van der Waals surface area contributed by atoms with Crippen LogP contribution in [0.15, 0.2) is 62.9 Å². The summed E-state index contributed by atoms with van der Waals surface area (Å²) in [5, 5.41) is 4.16. The van der Waals surface area contributed by atoms with Crippen molar-refractivity contribution >= 4 is 45.4 Å². The van der Waals surface area contributed by atoms with E-state index in [9.17, 15) is 9.59 Å². The Kier molecular flexibility index (Phi) is 6.27. The molecule has 2 heterocycles. The first-order chi connectivity index (χ1) is 15.1. The minimum absolute atomic E-state index is 0.122. The number of ether oxygens (including phenoxy) is 1. The van der Waals surface area contributed by atoms with E-state index in [1.165, 1.54) is 11.8 Å². The molecule has 1 amide bonds. The number of carbonyl (C=O) groups excluding carboxylic acids is 1. The molecule has 0 atom stereocenters. The van der Waals surface area contributed by atoms with Gasteiger partial charge in [0, 0.05) is 23.7 Å². The average Bonchev–Trinajstić information content (AvgIpc) is 3.16. The lowest BCUT2D eigenvalue weighted by Gasteiger charge is -2.11. The van der Waals surface area contributed by atoms with E-state index in [4.69, 9.17) is 14.1 Å². The van der Waals surface area contributed by atoms with Crippen molar-refractivity contribution in [2.24, 2.45) is 0 Å². The molecule has 160 valence electrons. The molecule has 1 N–H and O–H groups in total. The van der Waals surface area contributed by atoms with Crippen molar-refractivity contribution in [2.45, 2.75) is 31.5 Å². The van der Waals surface area contributed by atoms with Crippen LogP contribution >= 0.6 is 11.8 Å². The van der Waals surface area contributed by atoms with Gasteiger partial charge in [-0.2, -0.15) is 0 Å². The number of methoxy groups -OCH3 is 1. The third-order valence-electron chi connectivity index (χ3n) is 4.87. The number of thioether (sulfide) groups is 1. The number of carbonyl (C=O) groups is 1. The number of anilines is 1. The zero-order chi connectivity index (χ0) is 21.8. The second kappa shape index (κ2) is 9.26. The number of para-hydroxylation sites is 1. The Balaban J connectivity index is 1.62. The van der Waals surface area contributed by atoms with Gasteiger partial charge in [0.1, 0.15) is 16.8 Å². The third-order valence-corrected chi connectivity index (χ3v) is 5.84. The minimum Gasteiger partial charge on any atom is -0.497 e. The first-order valence-corrected chi connectivity index (χ1v) is 11.1. The summed E-state index contributed by atoms with van der Waals surface area (Å²) in [6, 6.07) is 14.6. The monoisotopic (exact) mass is 437 g/mol. The van der Waals surface area contributed by atoms with E-state index in [0.29, 0.717) is 34.2 Å². The molecule has 31 heavy (non-hydrogen) atoms. The van der Waals surface area contributed by atoms with Gasteiger partial charge in [0.25, 0.3) is 5.56 Å². The summed E-state index contributed by atoms with van der Waals surface area (Å²) in [6.07, 6.45) is 1.77. The van der Waals surface area contributed by atoms with E-state index in [2.05, 4.69) is 12.2 Å². The Labute approximate surface area is 183 Å². The Morgan fingerprint density at radius 1 is 1.23 bits per heavy atom. The van der Waals surface area contributed by atoms with Crippen LogP contribution in [0, 0.1) is 0 Å². The molecule has 0 saturated carbocycles. The fourth-order valence-corrected chi connectivity index (χ4v) is 4.12. The third kappa shape index (κ3) is 4.44. The zero-order valence-corrected chi connectivity index (χ0v) is 18.2. The summed E-state index contributed by atoms with van der Waals surface area (Å²) in [6.45, 7) is 2.59. The molecule has 0 aliphatic rings. The van der Waals surface area contributed by atoms with E-state index in [1.807, 2.05) is 36.4 Å². The lowest BCUT2D eigenvalue weighted by molar-refractivity contribution is -0.113. The van der Waals surface area contributed by atoms with Gasteiger partial charge in [-0.15, -0.1) is 0 Å². The Hall–Kier alpha value is -3.26. The van der Waals surface area contributed by atoms with Gasteiger partial charge in [-0.1, -0.05) is 43.3 Å². The van der Waals surface area contributed by atoms with Crippen LogP contribution in [0.4, 0.5) is 5.69 Å². The highest BCUT2D eigenvalue weighted by atomic mass is 32.2. The summed E-state index contributed by atoms with van der Waals surface area (Å²) in [4.78, 5) is 30.4. The van der Waals surface area contributed by atoms with Crippen molar-refractivity contribution in [3.63, 3.8) is 0 Å². The molecule has 0 radical (unpaired) electrons. The highest BCUT2D eigenvalue weighted by Gasteiger charge is 2.18. The molecule has 0 spiro atoms. The van der Waals surface area contributed by atoms with Gasteiger partial charge in [0.2, 0.25) is 11.5 Å². The van der Waals surface area contributed by atoms with Crippen LogP contribution in [0.5, 0.6) is 5.75 Å². The maximum atomic E-state index is 13.1. The van der Waals surface area contributed by atoms with Crippen molar-refractivity contribution in [2.75, 3.05) is 18.2 Å². The van der Waals surface area contributed by atoms with Crippen LogP contribution in [-0.4, -0.2) is 28.3 Å². The number of nitrogens with zero attached hydrogens (tertiary/aromatic N) is 2. The first kappa shape index (κ1) is 21.0. The standard InChI is InChI=1S/C23H23N3O4S/c1-3-4-12-26-22(28)21-20(17-10-5-6-11-18(17)30-21)25-23(26)31-14-19(27)24-15-8-7-9-16(13-15)29-2/h5-11,13H,3-4,12,14H2,1-2H3,(H,24,27). The smallest absolute Gasteiger partial charge is 0.297 e. The molecule has 8 heteroatoms. The SMILES string of the molecule is CCCCn1c(SCC(=O)Nc2cccc(OC)c2)nc2c(oc3ccccc32)c1=O. The van der Waals surface area contributed by atoms with Crippen LogP contribution in [0.2, 0.25) is 0 Å². The fourth-order valence-electron chi connectivity index (χ4n) is 3.30. The zero-order valence-electron chi connectivity index (χ0n) is 17.4. The molecule has 7 nitrogen and oxygen atoms in total. The number of furan rings is 1. The van der Waals surface area contributed by atoms with Gasteiger partial charge in [0.05, 0.1) is 12.9 Å². The number of aromatic nitrogens is 2. The second-order valence-corrected chi connectivity index (χ2v) is 7.99. The molecule has 0 bridgehead atoms. The molecule has 4 rings (SSSR count). The van der Waals surface area contributed by atoms with Gasteiger partial charge < -0.3 is 14.5 Å². The normalized spacial score (nSPS) is 11.2. The molecule has 2 aromatic heterocycles. The minimum atomic E-state index is -0.217. The van der Waals surface area contributed by atoms with Crippen LogP contribution in [-0.2, 0) is 11.3 Å². The quantitative estimate of drug-likeness (QED) is 0.318.